The van der Waals surface area contributed by atoms with Crippen molar-refractivity contribution in [2.75, 3.05) is 5.32 Å². The fourth-order valence-electron chi connectivity index (χ4n) is 3.93. The van der Waals surface area contributed by atoms with Gasteiger partial charge in [0.1, 0.15) is 0 Å². The van der Waals surface area contributed by atoms with E-state index in [9.17, 15) is 4.79 Å². The number of aromatic amines is 1. The largest absolute Gasteiger partial charge is 0.318 e. The molecule has 5 rings (SSSR count). The highest BCUT2D eigenvalue weighted by molar-refractivity contribution is 6.11. The van der Waals surface area contributed by atoms with E-state index in [1.54, 1.807) is 18.6 Å². The zero-order chi connectivity index (χ0) is 21.9. The van der Waals surface area contributed by atoms with Crippen LogP contribution in [-0.4, -0.2) is 30.9 Å². The summed E-state index contributed by atoms with van der Waals surface area (Å²) in [5, 5.41) is 15.4. The van der Waals surface area contributed by atoms with E-state index in [0.29, 0.717) is 11.4 Å². The molecule has 0 spiro atoms. The summed E-state index contributed by atoms with van der Waals surface area (Å²) in [5.74, 6) is -0.278. The van der Waals surface area contributed by atoms with E-state index in [1.165, 1.54) is 5.56 Å². The number of fused-ring (bicyclic) bond motifs is 1. The van der Waals surface area contributed by atoms with Gasteiger partial charge in [-0.2, -0.15) is 10.2 Å². The van der Waals surface area contributed by atoms with Crippen LogP contribution in [0.1, 0.15) is 35.4 Å². The second kappa shape index (κ2) is 8.47. The zero-order valence-electron chi connectivity index (χ0n) is 17.6. The van der Waals surface area contributed by atoms with Crippen molar-refractivity contribution >= 4 is 22.5 Å². The van der Waals surface area contributed by atoms with E-state index in [4.69, 9.17) is 0 Å². The van der Waals surface area contributed by atoms with Crippen molar-refractivity contribution in [3.05, 3.63) is 96.7 Å². The molecule has 3 heterocycles. The van der Waals surface area contributed by atoms with Crippen molar-refractivity contribution < 1.29 is 4.79 Å². The molecule has 158 valence electrons. The number of hydrogen-bond donors (Lipinski definition) is 2. The normalized spacial score (nSPS) is 12.0. The van der Waals surface area contributed by atoms with Crippen LogP contribution < -0.4 is 5.32 Å². The standard InChI is InChI=1S/C25H22N6O/c1-2-23(18-6-4-3-5-7-18)31-16-20(15-27-31)28-25(32)24-21-9-8-19(14-22(21)29-30-24)17-10-12-26-13-11-17/h3-16,23H,2H2,1H3,(H,28,32)(H,29,30). The number of carbonyl (C=O) groups excluding carboxylic acids is 1. The monoisotopic (exact) mass is 422 g/mol. The number of nitrogens with zero attached hydrogens (tertiary/aromatic N) is 4. The third kappa shape index (κ3) is 3.76. The fourth-order valence-corrected chi connectivity index (χ4v) is 3.93. The summed E-state index contributed by atoms with van der Waals surface area (Å²) in [6.45, 7) is 2.12. The molecule has 7 heteroatoms. The van der Waals surface area contributed by atoms with Crippen LogP contribution in [0.25, 0.3) is 22.0 Å². The predicted octanol–water partition coefficient (Wildman–Crippen LogP) is 5.07. The minimum absolute atomic E-state index is 0.111. The first-order valence-electron chi connectivity index (χ1n) is 10.5. The van der Waals surface area contributed by atoms with Gasteiger partial charge in [0.2, 0.25) is 0 Å². The van der Waals surface area contributed by atoms with Crippen LogP contribution in [0.3, 0.4) is 0 Å². The first kappa shape index (κ1) is 19.7. The van der Waals surface area contributed by atoms with Gasteiger partial charge in [-0.25, -0.2) is 0 Å². The van der Waals surface area contributed by atoms with Gasteiger partial charge in [0.05, 0.1) is 23.4 Å². The highest BCUT2D eigenvalue weighted by Gasteiger charge is 2.17. The second-order valence-electron chi connectivity index (χ2n) is 7.57. The number of hydrogen-bond acceptors (Lipinski definition) is 4. The average Bonchev–Trinajstić information content (AvgIpc) is 3.47. The minimum Gasteiger partial charge on any atom is -0.318 e. The zero-order valence-corrected chi connectivity index (χ0v) is 17.6. The average molecular weight is 422 g/mol. The lowest BCUT2D eigenvalue weighted by molar-refractivity contribution is 0.102. The smallest absolute Gasteiger partial charge is 0.276 e. The number of benzene rings is 2. The SMILES string of the molecule is CCC(c1ccccc1)n1cc(NC(=O)c2n[nH]c3cc(-c4ccncc4)ccc23)cn1. The Morgan fingerprint density at radius 3 is 2.66 bits per heavy atom. The van der Waals surface area contributed by atoms with Crippen molar-refractivity contribution in [1.82, 2.24) is 25.0 Å². The summed E-state index contributed by atoms with van der Waals surface area (Å²) in [7, 11) is 0. The molecule has 5 aromatic rings. The van der Waals surface area contributed by atoms with Gasteiger partial charge in [-0.1, -0.05) is 43.3 Å². The number of carbonyl (C=O) groups is 1. The Labute approximate surface area is 185 Å². The molecular weight excluding hydrogens is 400 g/mol. The number of aromatic nitrogens is 5. The quantitative estimate of drug-likeness (QED) is 0.400. The molecule has 32 heavy (non-hydrogen) atoms. The van der Waals surface area contributed by atoms with E-state index in [-0.39, 0.29) is 11.9 Å². The molecule has 0 aliphatic carbocycles. The Morgan fingerprint density at radius 2 is 1.88 bits per heavy atom. The van der Waals surface area contributed by atoms with Crippen molar-refractivity contribution in [3.63, 3.8) is 0 Å². The molecule has 2 N–H and O–H groups in total. The van der Waals surface area contributed by atoms with Gasteiger partial charge >= 0.3 is 0 Å². The van der Waals surface area contributed by atoms with Gasteiger partial charge in [0.15, 0.2) is 5.69 Å². The van der Waals surface area contributed by atoms with Crippen molar-refractivity contribution in [2.24, 2.45) is 0 Å². The van der Waals surface area contributed by atoms with Gasteiger partial charge in [0.25, 0.3) is 5.91 Å². The molecule has 0 saturated carbocycles. The number of rotatable bonds is 6. The highest BCUT2D eigenvalue weighted by Crippen LogP contribution is 2.26. The van der Waals surface area contributed by atoms with E-state index in [0.717, 1.165) is 28.5 Å². The molecule has 1 atom stereocenters. The maximum Gasteiger partial charge on any atom is 0.276 e. The molecule has 0 radical (unpaired) electrons. The molecule has 0 fully saturated rings. The summed E-state index contributed by atoms with van der Waals surface area (Å²) >= 11 is 0. The van der Waals surface area contributed by atoms with E-state index < -0.39 is 0 Å². The summed E-state index contributed by atoms with van der Waals surface area (Å²) < 4.78 is 1.88. The molecule has 0 aliphatic rings. The first-order valence-corrected chi connectivity index (χ1v) is 10.5. The fraction of sp³-hybridized carbons (Fsp3) is 0.120. The summed E-state index contributed by atoms with van der Waals surface area (Å²) in [6, 6.07) is 20.1. The van der Waals surface area contributed by atoms with Gasteiger partial charge in [-0.05, 0) is 47.4 Å². The van der Waals surface area contributed by atoms with Gasteiger partial charge in [0, 0.05) is 24.0 Å². The number of pyridine rings is 1. The van der Waals surface area contributed by atoms with Crippen LogP contribution >= 0.6 is 0 Å². The first-order chi connectivity index (χ1) is 15.7. The second-order valence-corrected chi connectivity index (χ2v) is 7.57. The Kier molecular flexibility index (Phi) is 5.21. The maximum absolute atomic E-state index is 12.9. The summed E-state index contributed by atoms with van der Waals surface area (Å²) in [5.41, 5.74) is 5.05. The number of nitrogens with one attached hydrogen (secondary N) is 2. The number of amides is 1. The molecule has 0 saturated heterocycles. The molecule has 0 aliphatic heterocycles. The van der Waals surface area contributed by atoms with Crippen LogP contribution in [0.4, 0.5) is 5.69 Å². The van der Waals surface area contributed by atoms with Gasteiger partial charge < -0.3 is 5.32 Å². The van der Waals surface area contributed by atoms with E-state index >= 15 is 0 Å². The van der Waals surface area contributed by atoms with Gasteiger partial charge in [-0.15, -0.1) is 0 Å². The van der Waals surface area contributed by atoms with Crippen LogP contribution in [0.15, 0.2) is 85.5 Å². The maximum atomic E-state index is 12.9. The third-order valence-corrected chi connectivity index (χ3v) is 5.54. The molecular formula is C25H22N6O. The van der Waals surface area contributed by atoms with Gasteiger partial charge in [-0.3, -0.25) is 19.6 Å². The molecule has 0 bridgehead atoms. The Morgan fingerprint density at radius 1 is 1.06 bits per heavy atom. The molecule has 2 aromatic carbocycles. The topological polar surface area (TPSA) is 88.5 Å². The van der Waals surface area contributed by atoms with E-state index in [1.807, 2.05) is 59.4 Å². The van der Waals surface area contributed by atoms with Crippen LogP contribution in [0.5, 0.6) is 0 Å². The van der Waals surface area contributed by atoms with Crippen LogP contribution in [0, 0.1) is 0 Å². The number of H-pyrrole nitrogens is 1. The van der Waals surface area contributed by atoms with Crippen molar-refractivity contribution in [2.45, 2.75) is 19.4 Å². The highest BCUT2D eigenvalue weighted by atomic mass is 16.2. The Balaban J connectivity index is 1.36. The van der Waals surface area contributed by atoms with Crippen LogP contribution in [0.2, 0.25) is 0 Å². The predicted molar refractivity (Wildman–Crippen MR) is 124 cm³/mol. The lowest BCUT2D eigenvalue weighted by atomic mass is 10.0. The lowest BCUT2D eigenvalue weighted by Crippen LogP contribution is -2.13. The van der Waals surface area contributed by atoms with Crippen molar-refractivity contribution in [1.29, 1.82) is 0 Å². The minimum atomic E-state index is -0.278. The molecule has 3 aromatic heterocycles. The lowest BCUT2D eigenvalue weighted by Gasteiger charge is -2.15. The molecule has 1 unspecified atom stereocenters. The molecule has 7 nitrogen and oxygen atoms in total. The Bertz CT molecular complexity index is 1360. The van der Waals surface area contributed by atoms with E-state index in [2.05, 4.69) is 44.7 Å². The summed E-state index contributed by atoms with van der Waals surface area (Å²) in [6.07, 6.45) is 7.93. The van der Waals surface area contributed by atoms with Crippen molar-refractivity contribution in [3.8, 4) is 11.1 Å². The molecule has 1 amide bonds. The Hall–Kier alpha value is -4.26. The summed E-state index contributed by atoms with van der Waals surface area (Å²) in [4.78, 5) is 17.0. The third-order valence-electron chi connectivity index (χ3n) is 5.54. The van der Waals surface area contributed by atoms with Crippen LogP contribution in [-0.2, 0) is 0 Å². The number of anilines is 1.